The second-order valence-corrected chi connectivity index (χ2v) is 5.65. The summed E-state index contributed by atoms with van der Waals surface area (Å²) in [5.41, 5.74) is 0.828. The highest BCUT2D eigenvalue weighted by Crippen LogP contribution is 2.31. The Labute approximate surface area is 133 Å². The van der Waals surface area contributed by atoms with Crippen LogP contribution in [0.15, 0.2) is 28.9 Å². The van der Waals surface area contributed by atoms with Gasteiger partial charge in [-0.05, 0) is 38.4 Å². The van der Waals surface area contributed by atoms with Gasteiger partial charge in [0, 0.05) is 12.4 Å². The van der Waals surface area contributed by atoms with Crippen LogP contribution < -0.4 is 0 Å². The Morgan fingerprint density at radius 1 is 1.39 bits per heavy atom. The predicted molar refractivity (Wildman–Crippen MR) is 81.0 cm³/mol. The molecule has 3 aromatic rings. The number of rotatable bonds is 4. The molecule has 23 heavy (non-hydrogen) atoms. The van der Waals surface area contributed by atoms with E-state index < -0.39 is 0 Å². The van der Waals surface area contributed by atoms with Crippen LogP contribution >= 0.6 is 0 Å². The molecule has 1 atom stereocenters. The zero-order valence-corrected chi connectivity index (χ0v) is 12.8. The number of likely N-dealkylation sites (tertiary alicyclic amines) is 1. The van der Waals surface area contributed by atoms with Crippen molar-refractivity contribution in [1.29, 1.82) is 0 Å². The molecule has 3 aromatic heterocycles. The molecule has 1 fully saturated rings. The van der Waals surface area contributed by atoms with Crippen molar-refractivity contribution < 1.29 is 4.42 Å². The van der Waals surface area contributed by atoms with Gasteiger partial charge in [-0.1, -0.05) is 0 Å². The smallest absolute Gasteiger partial charge is 0.249 e. The van der Waals surface area contributed by atoms with E-state index in [9.17, 15) is 0 Å². The fraction of sp³-hybridized carbons (Fsp3) is 0.400. The Morgan fingerprint density at radius 3 is 3.13 bits per heavy atom. The molecule has 0 saturated carbocycles. The van der Waals surface area contributed by atoms with E-state index in [1.165, 1.54) is 0 Å². The van der Waals surface area contributed by atoms with Gasteiger partial charge in [-0.3, -0.25) is 15.0 Å². The third-order valence-electron chi connectivity index (χ3n) is 3.99. The van der Waals surface area contributed by atoms with Gasteiger partial charge in [-0.2, -0.15) is 5.10 Å². The van der Waals surface area contributed by atoms with Gasteiger partial charge in [0.25, 0.3) is 0 Å². The molecule has 4 heterocycles. The van der Waals surface area contributed by atoms with E-state index in [0.29, 0.717) is 18.3 Å². The number of hydrogen-bond acceptors (Lipinski definition) is 7. The molecule has 0 radical (unpaired) electrons. The summed E-state index contributed by atoms with van der Waals surface area (Å²) in [6.45, 7) is 3.49. The molecule has 8 nitrogen and oxygen atoms in total. The Kier molecular flexibility index (Phi) is 3.58. The molecule has 0 amide bonds. The van der Waals surface area contributed by atoms with Crippen molar-refractivity contribution in [3.8, 4) is 11.5 Å². The first-order chi connectivity index (χ1) is 11.3. The van der Waals surface area contributed by atoms with Gasteiger partial charge in [0.15, 0.2) is 5.82 Å². The zero-order valence-electron chi connectivity index (χ0n) is 12.8. The van der Waals surface area contributed by atoms with Crippen LogP contribution in [0.5, 0.6) is 0 Å². The standard InChI is InChI=1S/C15H17N7O/c1-10-17-14(20-18-10)12-5-3-7-22(12)9-13-19-21-15(23-13)11-4-2-6-16-8-11/h2,4,6,8,12H,3,5,7,9H2,1H3,(H,17,18,20)/t12-/m1/s1. The number of aromatic nitrogens is 6. The Bertz CT molecular complexity index is 782. The number of aromatic amines is 1. The van der Waals surface area contributed by atoms with Crippen molar-refractivity contribution in [1.82, 2.24) is 35.3 Å². The molecular weight excluding hydrogens is 294 g/mol. The minimum atomic E-state index is 0.202. The quantitative estimate of drug-likeness (QED) is 0.786. The molecule has 1 N–H and O–H groups in total. The minimum absolute atomic E-state index is 0.202. The molecule has 118 valence electrons. The van der Waals surface area contributed by atoms with E-state index in [1.807, 2.05) is 19.1 Å². The summed E-state index contributed by atoms with van der Waals surface area (Å²) in [4.78, 5) is 10.8. The van der Waals surface area contributed by atoms with Gasteiger partial charge in [-0.15, -0.1) is 10.2 Å². The van der Waals surface area contributed by atoms with Crippen LogP contribution in [-0.2, 0) is 6.54 Å². The Morgan fingerprint density at radius 2 is 2.35 bits per heavy atom. The third kappa shape index (κ3) is 2.85. The fourth-order valence-corrected chi connectivity index (χ4v) is 2.91. The maximum atomic E-state index is 5.77. The van der Waals surface area contributed by atoms with Gasteiger partial charge < -0.3 is 4.42 Å². The molecule has 4 rings (SSSR count). The lowest BCUT2D eigenvalue weighted by Gasteiger charge is -2.19. The van der Waals surface area contributed by atoms with Gasteiger partial charge in [-0.25, -0.2) is 4.98 Å². The topological polar surface area (TPSA) is 96.6 Å². The van der Waals surface area contributed by atoms with E-state index in [4.69, 9.17) is 4.42 Å². The average molecular weight is 311 g/mol. The first-order valence-corrected chi connectivity index (χ1v) is 7.65. The predicted octanol–water partition coefficient (Wildman–Crippen LogP) is 1.90. The Hall–Kier alpha value is -2.61. The molecule has 1 aliphatic rings. The van der Waals surface area contributed by atoms with Crippen LogP contribution in [0.1, 0.15) is 36.4 Å². The highest BCUT2D eigenvalue weighted by Gasteiger charge is 2.30. The molecule has 0 spiro atoms. The fourth-order valence-electron chi connectivity index (χ4n) is 2.91. The van der Waals surface area contributed by atoms with Crippen LogP contribution in [-0.4, -0.2) is 41.8 Å². The number of nitrogens with zero attached hydrogens (tertiary/aromatic N) is 6. The van der Waals surface area contributed by atoms with Crippen LogP contribution in [0.3, 0.4) is 0 Å². The van der Waals surface area contributed by atoms with Crippen LogP contribution in [0.2, 0.25) is 0 Å². The Balaban J connectivity index is 1.50. The highest BCUT2D eigenvalue weighted by atomic mass is 16.4. The molecule has 0 unspecified atom stereocenters. The van der Waals surface area contributed by atoms with Crippen molar-refractivity contribution >= 4 is 0 Å². The summed E-state index contributed by atoms with van der Waals surface area (Å²) in [6, 6.07) is 3.95. The molecule has 1 saturated heterocycles. The van der Waals surface area contributed by atoms with Crippen molar-refractivity contribution in [2.45, 2.75) is 32.4 Å². The minimum Gasteiger partial charge on any atom is -0.419 e. The highest BCUT2D eigenvalue weighted by molar-refractivity contribution is 5.49. The monoisotopic (exact) mass is 311 g/mol. The van der Waals surface area contributed by atoms with E-state index in [1.54, 1.807) is 12.4 Å². The summed E-state index contributed by atoms with van der Waals surface area (Å²) in [5.74, 6) is 2.77. The normalized spacial score (nSPS) is 18.6. The van der Waals surface area contributed by atoms with Crippen LogP contribution in [0.25, 0.3) is 11.5 Å². The lowest BCUT2D eigenvalue weighted by molar-refractivity contribution is 0.217. The maximum absolute atomic E-state index is 5.77. The first-order valence-electron chi connectivity index (χ1n) is 7.65. The second-order valence-electron chi connectivity index (χ2n) is 5.65. The zero-order chi connectivity index (χ0) is 15.6. The number of pyridine rings is 1. The number of aryl methyl sites for hydroxylation is 1. The second kappa shape index (κ2) is 5.88. The van der Waals surface area contributed by atoms with Gasteiger partial charge in [0.2, 0.25) is 11.8 Å². The third-order valence-corrected chi connectivity index (χ3v) is 3.99. The summed E-state index contributed by atoms with van der Waals surface area (Å²) < 4.78 is 5.77. The maximum Gasteiger partial charge on any atom is 0.249 e. The van der Waals surface area contributed by atoms with E-state index >= 15 is 0 Å². The largest absolute Gasteiger partial charge is 0.419 e. The van der Waals surface area contributed by atoms with Crippen molar-refractivity contribution in [2.75, 3.05) is 6.54 Å². The van der Waals surface area contributed by atoms with Crippen LogP contribution in [0.4, 0.5) is 0 Å². The number of hydrogen-bond donors (Lipinski definition) is 1. The van der Waals surface area contributed by atoms with Crippen molar-refractivity contribution in [2.24, 2.45) is 0 Å². The molecule has 1 aliphatic heterocycles. The summed E-state index contributed by atoms with van der Waals surface area (Å²) in [6.07, 6.45) is 5.59. The van der Waals surface area contributed by atoms with Gasteiger partial charge >= 0.3 is 0 Å². The lowest BCUT2D eigenvalue weighted by atomic mass is 10.2. The van der Waals surface area contributed by atoms with Crippen molar-refractivity contribution in [3.63, 3.8) is 0 Å². The van der Waals surface area contributed by atoms with Crippen molar-refractivity contribution in [3.05, 3.63) is 42.1 Å². The van der Waals surface area contributed by atoms with Gasteiger partial charge in [0.05, 0.1) is 18.2 Å². The lowest BCUT2D eigenvalue weighted by Crippen LogP contribution is -2.23. The molecular formula is C15H17N7O. The summed E-state index contributed by atoms with van der Waals surface area (Å²) >= 11 is 0. The van der Waals surface area contributed by atoms with E-state index in [-0.39, 0.29) is 6.04 Å². The average Bonchev–Trinajstić information content (AvgIpc) is 3.29. The van der Waals surface area contributed by atoms with Crippen LogP contribution in [0, 0.1) is 6.92 Å². The van der Waals surface area contributed by atoms with E-state index in [2.05, 4.69) is 35.3 Å². The van der Waals surface area contributed by atoms with E-state index in [0.717, 1.165) is 36.6 Å². The first kappa shape index (κ1) is 14.0. The number of H-pyrrole nitrogens is 1. The SMILES string of the molecule is Cc1nc([C@H]2CCCN2Cc2nnc(-c3cccnc3)o2)n[nH]1. The molecule has 0 bridgehead atoms. The molecule has 0 aromatic carbocycles. The van der Waals surface area contributed by atoms with Gasteiger partial charge in [0.1, 0.15) is 5.82 Å². The molecule has 0 aliphatic carbocycles. The summed E-state index contributed by atoms with van der Waals surface area (Å²) in [5, 5.41) is 15.5. The summed E-state index contributed by atoms with van der Waals surface area (Å²) in [7, 11) is 0. The molecule has 8 heteroatoms. The number of nitrogens with one attached hydrogen (secondary N) is 1.